The van der Waals surface area contributed by atoms with Crippen LogP contribution in [-0.2, 0) is 6.42 Å². The Balaban J connectivity index is 1.55. The average molecular weight is 465 g/mol. The fourth-order valence-electron chi connectivity index (χ4n) is 3.50. The molecule has 0 saturated carbocycles. The first-order valence-electron chi connectivity index (χ1n) is 9.75. The van der Waals surface area contributed by atoms with Crippen molar-refractivity contribution in [1.29, 1.82) is 0 Å². The van der Waals surface area contributed by atoms with Crippen LogP contribution in [0.15, 0.2) is 54.9 Å². The van der Waals surface area contributed by atoms with Crippen molar-refractivity contribution < 1.29 is 27.4 Å². The minimum atomic E-state index is -4.35. The molecule has 2 unspecified atom stereocenters. The Morgan fingerprint density at radius 1 is 1.16 bits per heavy atom. The van der Waals surface area contributed by atoms with Gasteiger partial charge in [0.25, 0.3) is 0 Å². The van der Waals surface area contributed by atoms with Gasteiger partial charge in [0.15, 0.2) is 0 Å². The molecule has 1 aliphatic heterocycles. The predicted molar refractivity (Wildman–Crippen MR) is 114 cm³/mol. The molecule has 4 rings (SSSR count). The van der Waals surface area contributed by atoms with Crippen molar-refractivity contribution in [3.63, 3.8) is 0 Å². The molecule has 1 aliphatic rings. The maximum Gasteiger partial charge on any atom is 0.399 e. The highest BCUT2D eigenvalue weighted by Crippen LogP contribution is 2.40. The van der Waals surface area contributed by atoms with Gasteiger partial charge in [-0.25, -0.2) is 9.37 Å². The minimum Gasteiger partial charge on any atom is -0.493 e. The van der Waals surface area contributed by atoms with E-state index in [1.54, 1.807) is 24.4 Å². The number of aliphatic hydroxyl groups excluding tert-OH is 1. The first-order valence-corrected chi connectivity index (χ1v) is 10.7. The highest BCUT2D eigenvalue weighted by atomic mass is 32.2. The van der Waals surface area contributed by atoms with Crippen LogP contribution in [0.2, 0.25) is 0 Å². The van der Waals surface area contributed by atoms with Crippen LogP contribution in [0.25, 0.3) is 11.1 Å². The van der Waals surface area contributed by atoms with Gasteiger partial charge < -0.3 is 14.6 Å². The van der Waals surface area contributed by atoms with Crippen LogP contribution in [0.5, 0.6) is 5.75 Å². The lowest BCUT2D eigenvalue weighted by atomic mass is 9.88. The van der Waals surface area contributed by atoms with Crippen molar-refractivity contribution >= 4 is 17.8 Å². The van der Waals surface area contributed by atoms with E-state index in [0.717, 1.165) is 11.9 Å². The fraction of sp³-hybridized carbons (Fsp3) is 0.273. The van der Waals surface area contributed by atoms with Gasteiger partial charge in [-0.15, -0.1) is 0 Å². The number of alkyl halides is 3. The number of ether oxygens (including phenoxy) is 1. The monoisotopic (exact) mass is 465 g/mol. The van der Waals surface area contributed by atoms with Crippen LogP contribution in [0.3, 0.4) is 0 Å². The summed E-state index contributed by atoms with van der Waals surface area (Å²) in [5.74, 6) is -1.39. The first kappa shape index (κ1) is 22.3. The number of benzene rings is 1. The number of halogens is 4. The largest absolute Gasteiger partial charge is 0.493 e. The zero-order chi connectivity index (χ0) is 22.7. The van der Waals surface area contributed by atoms with Gasteiger partial charge in [0.1, 0.15) is 23.1 Å². The van der Waals surface area contributed by atoms with E-state index in [9.17, 15) is 22.7 Å². The second-order valence-corrected chi connectivity index (χ2v) is 8.13. The van der Waals surface area contributed by atoms with E-state index in [0.29, 0.717) is 35.2 Å². The van der Waals surface area contributed by atoms with E-state index in [4.69, 9.17) is 4.74 Å². The van der Waals surface area contributed by atoms with E-state index in [-0.39, 0.29) is 23.9 Å². The lowest BCUT2D eigenvalue weighted by Crippen LogP contribution is -2.28. The lowest BCUT2D eigenvalue weighted by Gasteiger charge is -2.30. The summed E-state index contributed by atoms with van der Waals surface area (Å²) < 4.78 is 59.6. The maximum absolute atomic E-state index is 13.8. The normalized spacial score (nSPS) is 18.0. The molecule has 32 heavy (non-hydrogen) atoms. The molecule has 0 amide bonds. The number of pyridine rings is 2. The van der Waals surface area contributed by atoms with E-state index in [1.165, 1.54) is 6.07 Å². The summed E-state index contributed by atoms with van der Waals surface area (Å²) >= 11 is 0.421. The van der Waals surface area contributed by atoms with Gasteiger partial charge in [-0.05, 0) is 48.2 Å². The number of nitrogens with one attached hydrogen (secondary N) is 1. The fourth-order valence-corrected chi connectivity index (χ4v) is 4.03. The Labute approximate surface area is 186 Å². The molecular weight excluding hydrogens is 446 g/mol. The second kappa shape index (κ2) is 9.33. The molecule has 168 valence electrons. The molecule has 2 N–H and O–H groups in total. The zero-order valence-electron chi connectivity index (χ0n) is 16.6. The van der Waals surface area contributed by atoms with Crippen LogP contribution >= 0.6 is 11.9 Å². The highest BCUT2D eigenvalue weighted by Gasteiger charge is 2.30. The Bertz CT molecular complexity index is 1080. The number of rotatable bonds is 6. The topological polar surface area (TPSA) is 67.3 Å². The third-order valence-corrected chi connectivity index (χ3v) is 5.81. The molecule has 10 heteroatoms. The molecule has 0 spiro atoms. The van der Waals surface area contributed by atoms with Crippen molar-refractivity contribution in [1.82, 2.24) is 9.97 Å². The Morgan fingerprint density at radius 2 is 2.00 bits per heavy atom. The molecular formula is C22H19F4N3O2S. The van der Waals surface area contributed by atoms with Crippen LogP contribution in [0.1, 0.15) is 17.4 Å². The van der Waals surface area contributed by atoms with E-state index in [2.05, 4.69) is 14.7 Å². The molecule has 0 radical (unpaired) electrons. The van der Waals surface area contributed by atoms with Gasteiger partial charge in [0.2, 0.25) is 0 Å². The standard InChI is InChI=1S/C22H19F4N3O2S/c23-15-9-18(21(28-10-15)29-32-12-22(24,25)26)13-4-5-17-19(8-13)31-11-14(20(17)30)7-16-3-1-2-6-27-16/h1-6,8-10,14,20,30H,7,11-12H2,(H,28,29). The van der Waals surface area contributed by atoms with Gasteiger partial charge in [0.05, 0.1) is 18.9 Å². The van der Waals surface area contributed by atoms with Gasteiger partial charge in [-0.1, -0.05) is 18.2 Å². The molecule has 2 atom stereocenters. The molecule has 2 aromatic heterocycles. The number of aromatic nitrogens is 2. The molecule has 3 aromatic rings. The van der Waals surface area contributed by atoms with Crippen LogP contribution in [0, 0.1) is 11.7 Å². The molecule has 0 saturated heterocycles. The van der Waals surface area contributed by atoms with Crippen molar-refractivity contribution in [2.45, 2.75) is 18.7 Å². The third kappa shape index (κ3) is 5.31. The number of anilines is 1. The molecule has 0 fully saturated rings. The number of aliphatic hydroxyl groups is 1. The number of nitrogens with zero attached hydrogens (tertiary/aromatic N) is 2. The molecule has 0 bridgehead atoms. The van der Waals surface area contributed by atoms with Gasteiger partial charge in [-0.3, -0.25) is 4.98 Å². The Morgan fingerprint density at radius 3 is 2.75 bits per heavy atom. The average Bonchev–Trinajstić information content (AvgIpc) is 2.76. The quantitative estimate of drug-likeness (QED) is 0.386. The van der Waals surface area contributed by atoms with Crippen LogP contribution in [0.4, 0.5) is 23.4 Å². The van der Waals surface area contributed by atoms with E-state index < -0.39 is 23.9 Å². The summed E-state index contributed by atoms with van der Waals surface area (Å²) in [5.41, 5.74) is 2.22. The predicted octanol–water partition coefficient (Wildman–Crippen LogP) is 5.19. The molecule has 1 aromatic carbocycles. The van der Waals surface area contributed by atoms with Gasteiger partial charge >= 0.3 is 6.18 Å². The molecule has 0 aliphatic carbocycles. The minimum absolute atomic E-state index is 0.102. The summed E-state index contributed by atoms with van der Waals surface area (Å²) in [6.07, 6.45) is -1.96. The van der Waals surface area contributed by atoms with Crippen LogP contribution < -0.4 is 9.46 Å². The Kier molecular flexibility index (Phi) is 6.52. The SMILES string of the molecule is OC1c2ccc(-c3cc(F)cnc3NSCC(F)(F)F)cc2OCC1Cc1ccccn1. The van der Waals surface area contributed by atoms with Crippen molar-refractivity contribution in [2.24, 2.45) is 5.92 Å². The number of hydrogen-bond acceptors (Lipinski definition) is 6. The maximum atomic E-state index is 13.8. The number of fused-ring (bicyclic) bond motifs is 1. The smallest absolute Gasteiger partial charge is 0.399 e. The summed E-state index contributed by atoms with van der Waals surface area (Å²) in [5, 5.41) is 10.8. The summed E-state index contributed by atoms with van der Waals surface area (Å²) in [6.45, 7) is 0.266. The molecule has 3 heterocycles. The Hall–Kier alpha value is -2.85. The second-order valence-electron chi connectivity index (χ2n) is 7.35. The van der Waals surface area contributed by atoms with E-state index in [1.807, 2.05) is 18.2 Å². The zero-order valence-corrected chi connectivity index (χ0v) is 17.5. The van der Waals surface area contributed by atoms with Gasteiger partial charge in [-0.2, -0.15) is 13.2 Å². The number of hydrogen-bond donors (Lipinski definition) is 2. The third-order valence-electron chi connectivity index (χ3n) is 5.00. The molecule has 5 nitrogen and oxygen atoms in total. The summed E-state index contributed by atoms with van der Waals surface area (Å²) in [4.78, 5) is 8.17. The van der Waals surface area contributed by atoms with E-state index >= 15 is 0 Å². The lowest BCUT2D eigenvalue weighted by molar-refractivity contribution is -0.105. The van der Waals surface area contributed by atoms with Crippen molar-refractivity contribution in [2.75, 3.05) is 17.1 Å². The summed E-state index contributed by atoms with van der Waals surface area (Å²) in [6, 6.07) is 11.7. The summed E-state index contributed by atoms with van der Waals surface area (Å²) in [7, 11) is 0. The first-order chi connectivity index (χ1) is 15.3. The van der Waals surface area contributed by atoms with Gasteiger partial charge in [0, 0.05) is 28.9 Å². The van der Waals surface area contributed by atoms with Crippen molar-refractivity contribution in [3.05, 3.63) is 71.9 Å². The van der Waals surface area contributed by atoms with Crippen LogP contribution in [-0.4, -0.2) is 33.6 Å². The van der Waals surface area contributed by atoms with Crippen molar-refractivity contribution in [3.8, 4) is 16.9 Å². The highest BCUT2D eigenvalue weighted by molar-refractivity contribution is 8.00.